The summed E-state index contributed by atoms with van der Waals surface area (Å²) in [5.74, 6) is 0. The number of hydrogen-bond donors (Lipinski definition) is 1. The Morgan fingerprint density at radius 1 is 1.13 bits per heavy atom. The van der Waals surface area contributed by atoms with Crippen molar-refractivity contribution in [1.29, 1.82) is 0 Å². The van der Waals surface area contributed by atoms with Gasteiger partial charge in [0.05, 0.1) is 6.61 Å². The molecule has 0 saturated heterocycles. The van der Waals surface area contributed by atoms with E-state index >= 15 is 0 Å². The van der Waals surface area contributed by atoms with Crippen molar-refractivity contribution < 1.29 is 5.11 Å². The molecule has 0 amide bonds. The molecule has 0 aliphatic rings. The summed E-state index contributed by atoms with van der Waals surface area (Å²) in [7, 11) is 0. The summed E-state index contributed by atoms with van der Waals surface area (Å²) in [6.07, 6.45) is 1.64. The number of rotatable bonds is 2. The standard InChI is InChI=1S/C12H10ClNO/c13-12-11(8-15)10(6-7-14-12)9-4-2-1-3-5-9/h1-7,15H,8H2. The molecule has 1 aromatic carbocycles. The van der Waals surface area contributed by atoms with E-state index in [1.165, 1.54) is 0 Å². The highest BCUT2D eigenvalue weighted by molar-refractivity contribution is 6.30. The highest BCUT2D eigenvalue weighted by atomic mass is 35.5. The van der Waals surface area contributed by atoms with Gasteiger partial charge in [0.15, 0.2) is 0 Å². The molecular weight excluding hydrogens is 210 g/mol. The average molecular weight is 220 g/mol. The number of hydrogen-bond acceptors (Lipinski definition) is 2. The second-order valence-electron chi connectivity index (χ2n) is 3.15. The third-order valence-electron chi connectivity index (χ3n) is 2.25. The maximum absolute atomic E-state index is 9.24. The fraction of sp³-hybridized carbons (Fsp3) is 0.0833. The van der Waals surface area contributed by atoms with E-state index < -0.39 is 0 Å². The molecule has 0 unspecified atom stereocenters. The third kappa shape index (κ3) is 2.01. The van der Waals surface area contributed by atoms with Crippen molar-refractivity contribution in [2.75, 3.05) is 0 Å². The van der Waals surface area contributed by atoms with Crippen LogP contribution in [0.4, 0.5) is 0 Å². The van der Waals surface area contributed by atoms with Crippen molar-refractivity contribution in [1.82, 2.24) is 4.98 Å². The molecule has 3 heteroatoms. The summed E-state index contributed by atoms with van der Waals surface area (Å²) in [5.41, 5.74) is 2.63. The Bertz CT molecular complexity index is 456. The van der Waals surface area contributed by atoms with Gasteiger partial charge in [0.1, 0.15) is 5.15 Å². The molecule has 15 heavy (non-hydrogen) atoms. The first-order valence-corrected chi connectivity index (χ1v) is 5.00. The van der Waals surface area contributed by atoms with Gasteiger partial charge in [-0.1, -0.05) is 41.9 Å². The van der Waals surface area contributed by atoms with Crippen LogP contribution in [-0.2, 0) is 6.61 Å². The van der Waals surface area contributed by atoms with E-state index in [1.807, 2.05) is 36.4 Å². The first-order valence-electron chi connectivity index (χ1n) is 4.62. The molecule has 0 spiro atoms. The second-order valence-corrected chi connectivity index (χ2v) is 3.51. The molecule has 1 heterocycles. The number of aliphatic hydroxyl groups is 1. The van der Waals surface area contributed by atoms with Gasteiger partial charge in [-0.15, -0.1) is 0 Å². The minimum atomic E-state index is -0.100. The molecule has 0 bridgehead atoms. The first kappa shape index (κ1) is 10.1. The van der Waals surface area contributed by atoms with Gasteiger partial charge in [-0.2, -0.15) is 0 Å². The molecule has 0 saturated carbocycles. The van der Waals surface area contributed by atoms with Crippen LogP contribution in [0.15, 0.2) is 42.6 Å². The zero-order valence-electron chi connectivity index (χ0n) is 8.02. The van der Waals surface area contributed by atoms with E-state index in [2.05, 4.69) is 4.98 Å². The van der Waals surface area contributed by atoms with Crippen LogP contribution in [0.3, 0.4) is 0 Å². The molecule has 0 atom stereocenters. The van der Waals surface area contributed by atoms with Gasteiger partial charge in [-0.25, -0.2) is 4.98 Å². The lowest BCUT2D eigenvalue weighted by atomic mass is 10.0. The van der Waals surface area contributed by atoms with Crippen LogP contribution in [0, 0.1) is 0 Å². The van der Waals surface area contributed by atoms with Crippen LogP contribution in [0.1, 0.15) is 5.56 Å². The lowest BCUT2D eigenvalue weighted by Crippen LogP contribution is -1.92. The van der Waals surface area contributed by atoms with Crippen LogP contribution < -0.4 is 0 Å². The number of benzene rings is 1. The van der Waals surface area contributed by atoms with Crippen molar-refractivity contribution in [3.05, 3.63) is 53.3 Å². The van der Waals surface area contributed by atoms with Crippen molar-refractivity contribution >= 4 is 11.6 Å². The molecule has 0 aliphatic heterocycles. The quantitative estimate of drug-likeness (QED) is 0.788. The largest absolute Gasteiger partial charge is 0.392 e. The van der Waals surface area contributed by atoms with Gasteiger partial charge < -0.3 is 5.11 Å². The first-order chi connectivity index (χ1) is 7.33. The van der Waals surface area contributed by atoms with Crippen LogP contribution >= 0.6 is 11.6 Å². The van der Waals surface area contributed by atoms with Gasteiger partial charge in [0.2, 0.25) is 0 Å². The Balaban J connectivity index is 2.58. The Hall–Kier alpha value is -1.38. The second kappa shape index (κ2) is 4.43. The fourth-order valence-corrected chi connectivity index (χ4v) is 1.72. The maximum Gasteiger partial charge on any atom is 0.135 e. The Morgan fingerprint density at radius 3 is 2.53 bits per heavy atom. The Kier molecular flexibility index (Phi) is 2.99. The summed E-state index contributed by atoms with van der Waals surface area (Å²) in [6.45, 7) is -0.100. The van der Waals surface area contributed by atoms with Crippen molar-refractivity contribution in [2.24, 2.45) is 0 Å². The van der Waals surface area contributed by atoms with Gasteiger partial charge >= 0.3 is 0 Å². The predicted molar refractivity (Wildman–Crippen MR) is 60.6 cm³/mol. The molecule has 76 valence electrons. The van der Waals surface area contributed by atoms with Gasteiger partial charge in [0.25, 0.3) is 0 Å². The zero-order chi connectivity index (χ0) is 10.7. The van der Waals surface area contributed by atoms with E-state index in [9.17, 15) is 5.11 Å². The maximum atomic E-state index is 9.24. The predicted octanol–water partition coefficient (Wildman–Crippen LogP) is 2.89. The van der Waals surface area contributed by atoms with E-state index in [0.717, 1.165) is 11.1 Å². The summed E-state index contributed by atoms with van der Waals surface area (Å²) < 4.78 is 0. The van der Waals surface area contributed by atoms with Gasteiger partial charge in [0, 0.05) is 11.8 Å². The van der Waals surface area contributed by atoms with Gasteiger partial charge in [-0.05, 0) is 17.2 Å². The minimum Gasteiger partial charge on any atom is -0.392 e. The van der Waals surface area contributed by atoms with Crippen LogP contribution in [-0.4, -0.2) is 10.1 Å². The summed E-state index contributed by atoms with van der Waals surface area (Å²) in [6, 6.07) is 11.7. The van der Waals surface area contributed by atoms with Crippen LogP contribution in [0.2, 0.25) is 5.15 Å². The average Bonchev–Trinajstić information content (AvgIpc) is 2.30. The molecule has 2 aromatic rings. The number of halogens is 1. The molecule has 0 fully saturated rings. The molecule has 0 radical (unpaired) electrons. The Labute approximate surface area is 93.2 Å². The fourth-order valence-electron chi connectivity index (χ4n) is 1.51. The number of pyridine rings is 1. The lowest BCUT2D eigenvalue weighted by Gasteiger charge is -2.08. The smallest absolute Gasteiger partial charge is 0.135 e. The summed E-state index contributed by atoms with van der Waals surface area (Å²) >= 11 is 5.91. The monoisotopic (exact) mass is 219 g/mol. The minimum absolute atomic E-state index is 0.100. The zero-order valence-corrected chi connectivity index (χ0v) is 8.78. The molecular formula is C12H10ClNO. The Morgan fingerprint density at radius 2 is 1.87 bits per heavy atom. The molecule has 1 N–H and O–H groups in total. The summed E-state index contributed by atoms with van der Waals surface area (Å²) in [5, 5.41) is 9.60. The van der Waals surface area contributed by atoms with Gasteiger partial charge in [-0.3, -0.25) is 0 Å². The number of nitrogens with zero attached hydrogens (tertiary/aromatic N) is 1. The highest BCUT2D eigenvalue weighted by Gasteiger charge is 2.08. The van der Waals surface area contributed by atoms with E-state index in [4.69, 9.17) is 11.6 Å². The van der Waals surface area contributed by atoms with Crippen molar-refractivity contribution in [3.63, 3.8) is 0 Å². The van der Waals surface area contributed by atoms with Crippen LogP contribution in [0.5, 0.6) is 0 Å². The SMILES string of the molecule is OCc1c(-c2ccccc2)ccnc1Cl. The topological polar surface area (TPSA) is 33.1 Å². The molecule has 1 aromatic heterocycles. The van der Waals surface area contributed by atoms with E-state index in [0.29, 0.717) is 10.7 Å². The van der Waals surface area contributed by atoms with E-state index in [1.54, 1.807) is 6.20 Å². The molecule has 2 nitrogen and oxygen atoms in total. The summed E-state index contributed by atoms with van der Waals surface area (Å²) in [4.78, 5) is 3.94. The third-order valence-corrected chi connectivity index (χ3v) is 2.57. The van der Waals surface area contributed by atoms with Crippen LogP contribution in [0.25, 0.3) is 11.1 Å². The lowest BCUT2D eigenvalue weighted by molar-refractivity contribution is 0.282. The van der Waals surface area contributed by atoms with Crippen molar-refractivity contribution in [2.45, 2.75) is 6.61 Å². The highest BCUT2D eigenvalue weighted by Crippen LogP contribution is 2.27. The molecule has 0 aliphatic carbocycles. The number of aliphatic hydroxyl groups excluding tert-OH is 1. The molecule has 2 rings (SSSR count). The number of aromatic nitrogens is 1. The normalized spacial score (nSPS) is 10.3. The van der Waals surface area contributed by atoms with E-state index in [-0.39, 0.29) is 6.61 Å². The van der Waals surface area contributed by atoms with Crippen molar-refractivity contribution in [3.8, 4) is 11.1 Å².